The molecule has 0 amide bonds. The van der Waals surface area contributed by atoms with Gasteiger partial charge in [0.1, 0.15) is 12.4 Å². The monoisotopic (exact) mass is 415 g/mol. The van der Waals surface area contributed by atoms with Crippen LogP contribution in [-0.2, 0) is 4.74 Å². The molecule has 0 aliphatic heterocycles. The van der Waals surface area contributed by atoms with Gasteiger partial charge in [0.2, 0.25) is 0 Å². The van der Waals surface area contributed by atoms with Gasteiger partial charge in [0.25, 0.3) is 0 Å². The average molecular weight is 416 g/mol. The van der Waals surface area contributed by atoms with Gasteiger partial charge in [0.05, 0.1) is 34.2 Å². The van der Waals surface area contributed by atoms with E-state index in [0.29, 0.717) is 18.9 Å². The van der Waals surface area contributed by atoms with E-state index in [0.717, 1.165) is 26.8 Å². The molecule has 3 rings (SSSR count). The standard InChI is InChI=1S/C20H22BrN3O2/c1-13(14-6-4-3-5-7-14)24-20-15-10-19(26-9-8-25-2)16(21)11-18(15)23-12-17(20)22/h3-7,10-13H,8-9,22H2,1-2H3,(H,23,24)/t13-/m1/s1. The van der Waals surface area contributed by atoms with Gasteiger partial charge in [-0.1, -0.05) is 30.3 Å². The fourth-order valence-corrected chi connectivity index (χ4v) is 3.20. The zero-order chi connectivity index (χ0) is 18.5. The van der Waals surface area contributed by atoms with Gasteiger partial charge in [-0.15, -0.1) is 0 Å². The second-order valence-electron chi connectivity index (χ2n) is 6.01. The summed E-state index contributed by atoms with van der Waals surface area (Å²) in [5, 5.41) is 4.44. The predicted molar refractivity (Wildman–Crippen MR) is 110 cm³/mol. The van der Waals surface area contributed by atoms with Gasteiger partial charge in [-0.05, 0) is 40.5 Å². The molecule has 0 radical (unpaired) electrons. The number of fused-ring (bicyclic) bond motifs is 1. The van der Waals surface area contributed by atoms with Crippen molar-refractivity contribution in [3.05, 3.63) is 58.7 Å². The highest BCUT2D eigenvalue weighted by Gasteiger charge is 2.14. The molecule has 0 unspecified atom stereocenters. The lowest BCUT2D eigenvalue weighted by Crippen LogP contribution is -2.09. The maximum Gasteiger partial charge on any atom is 0.134 e. The molecule has 1 atom stereocenters. The molecule has 5 nitrogen and oxygen atoms in total. The van der Waals surface area contributed by atoms with Gasteiger partial charge in [-0.2, -0.15) is 0 Å². The van der Waals surface area contributed by atoms with E-state index in [1.54, 1.807) is 13.3 Å². The van der Waals surface area contributed by atoms with E-state index in [1.807, 2.05) is 30.3 Å². The van der Waals surface area contributed by atoms with Crippen molar-refractivity contribution < 1.29 is 9.47 Å². The van der Waals surface area contributed by atoms with Crippen LogP contribution in [0.25, 0.3) is 10.9 Å². The van der Waals surface area contributed by atoms with Crippen molar-refractivity contribution in [2.24, 2.45) is 0 Å². The minimum atomic E-state index is 0.102. The molecule has 0 bridgehead atoms. The van der Waals surface area contributed by atoms with Gasteiger partial charge in [0.15, 0.2) is 0 Å². The number of nitrogens with one attached hydrogen (secondary N) is 1. The van der Waals surface area contributed by atoms with Crippen molar-refractivity contribution in [2.45, 2.75) is 13.0 Å². The van der Waals surface area contributed by atoms with Crippen LogP contribution in [0.15, 0.2) is 53.1 Å². The Morgan fingerprint density at radius 1 is 1.19 bits per heavy atom. The van der Waals surface area contributed by atoms with Crippen LogP contribution in [0.3, 0.4) is 0 Å². The van der Waals surface area contributed by atoms with Gasteiger partial charge in [0, 0.05) is 18.5 Å². The molecule has 3 N–H and O–H groups in total. The number of hydrogen-bond donors (Lipinski definition) is 2. The Kier molecular flexibility index (Phi) is 5.96. The average Bonchev–Trinajstić information content (AvgIpc) is 2.65. The van der Waals surface area contributed by atoms with Gasteiger partial charge >= 0.3 is 0 Å². The molecule has 1 heterocycles. The summed E-state index contributed by atoms with van der Waals surface area (Å²) in [7, 11) is 1.65. The lowest BCUT2D eigenvalue weighted by Gasteiger charge is -2.19. The molecule has 0 aliphatic carbocycles. The van der Waals surface area contributed by atoms with Crippen LogP contribution < -0.4 is 15.8 Å². The normalized spacial score (nSPS) is 12.1. The number of ether oxygens (including phenoxy) is 2. The summed E-state index contributed by atoms with van der Waals surface area (Å²) in [6.45, 7) is 3.10. The van der Waals surface area contributed by atoms with Crippen molar-refractivity contribution in [1.29, 1.82) is 0 Å². The fraction of sp³-hybridized carbons (Fsp3) is 0.250. The number of methoxy groups -OCH3 is 1. The number of nitrogen functional groups attached to an aromatic ring is 1. The minimum Gasteiger partial charge on any atom is -0.490 e. The van der Waals surface area contributed by atoms with Crippen LogP contribution in [0, 0.1) is 0 Å². The van der Waals surface area contributed by atoms with E-state index in [4.69, 9.17) is 15.2 Å². The number of hydrogen-bond acceptors (Lipinski definition) is 5. The van der Waals surface area contributed by atoms with Crippen LogP contribution in [0.4, 0.5) is 11.4 Å². The van der Waals surface area contributed by atoms with Crippen molar-refractivity contribution in [2.75, 3.05) is 31.4 Å². The molecule has 26 heavy (non-hydrogen) atoms. The molecule has 0 aliphatic rings. The zero-order valence-corrected chi connectivity index (χ0v) is 16.4. The molecule has 0 saturated heterocycles. The topological polar surface area (TPSA) is 69.4 Å². The predicted octanol–water partition coefficient (Wildman–Crippen LogP) is 4.78. The summed E-state index contributed by atoms with van der Waals surface area (Å²) >= 11 is 3.54. The molecule has 2 aromatic carbocycles. The highest BCUT2D eigenvalue weighted by Crippen LogP contribution is 2.37. The summed E-state index contributed by atoms with van der Waals surface area (Å²) in [4.78, 5) is 4.44. The van der Waals surface area contributed by atoms with Crippen LogP contribution in [0.5, 0.6) is 5.75 Å². The van der Waals surface area contributed by atoms with Crippen molar-refractivity contribution in [1.82, 2.24) is 4.98 Å². The highest BCUT2D eigenvalue weighted by molar-refractivity contribution is 9.10. The number of nitrogens with two attached hydrogens (primary N) is 1. The first-order valence-corrected chi connectivity index (χ1v) is 9.20. The van der Waals surface area contributed by atoms with Crippen LogP contribution in [-0.4, -0.2) is 25.3 Å². The molecule has 6 heteroatoms. The number of rotatable bonds is 7. The SMILES string of the molecule is COCCOc1cc2c(N[C@H](C)c3ccccc3)c(N)cnc2cc1Br. The van der Waals surface area contributed by atoms with E-state index in [2.05, 4.69) is 45.3 Å². The van der Waals surface area contributed by atoms with E-state index < -0.39 is 0 Å². The second-order valence-corrected chi connectivity index (χ2v) is 6.86. The molecular weight excluding hydrogens is 394 g/mol. The largest absolute Gasteiger partial charge is 0.490 e. The number of anilines is 2. The van der Waals surface area contributed by atoms with Crippen molar-refractivity contribution >= 4 is 38.2 Å². The molecule has 1 aromatic heterocycles. The molecular formula is C20H22BrN3O2. The second kappa shape index (κ2) is 8.38. The molecule has 0 fully saturated rings. The Labute approximate surface area is 161 Å². The summed E-state index contributed by atoms with van der Waals surface area (Å²) in [5.41, 5.74) is 9.71. The first kappa shape index (κ1) is 18.5. The third-order valence-corrected chi connectivity index (χ3v) is 4.78. The van der Waals surface area contributed by atoms with Crippen molar-refractivity contribution in [3.63, 3.8) is 0 Å². The number of pyridine rings is 1. The Bertz CT molecular complexity index is 887. The maximum absolute atomic E-state index is 6.23. The Hall–Kier alpha value is -2.31. The van der Waals surface area contributed by atoms with Crippen LogP contribution >= 0.6 is 15.9 Å². The number of halogens is 1. The zero-order valence-electron chi connectivity index (χ0n) is 14.8. The number of aromatic nitrogens is 1. The van der Waals surface area contributed by atoms with Gasteiger partial charge < -0.3 is 20.5 Å². The summed E-state index contributed by atoms with van der Waals surface area (Å²) in [6.07, 6.45) is 1.68. The highest BCUT2D eigenvalue weighted by atomic mass is 79.9. The quantitative estimate of drug-likeness (QED) is 0.543. The smallest absolute Gasteiger partial charge is 0.134 e. The van der Waals surface area contributed by atoms with E-state index in [9.17, 15) is 0 Å². The maximum atomic E-state index is 6.23. The Morgan fingerprint density at radius 3 is 2.69 bits per heavy atom. The summed E-state index contributed by atoms with van der Waals surface area (Å²) in [5.74, 6) is 0.734. The fourth-order valence-electron chi connectivity index (χ4n) is 2.76. The van der Waals surface area contributed by atoms with Crippen LogP contribution in [0.1, 0.15) is 18.5 Å². The van der Waals surface area contributed by atoms with Gasteiger partial charge in [-0.25, -0.2) is 0 Å². The van der Waals surface area contributed by atoms with E-state index in [1.165, 1.54) is 5.56 Å². The van der Waals surface area contributed by atoms with Crippen molar-refractivity contribution in [3.8, 4) is 5.75 Å². The number of nitrogens with zero attached hydrogens (tertiary/aromatic N) is 1. The molecule has 3 aromatic rings. The van der Waals surface area contributed by atoms with Crippen LogP contribution in [0.2, 0.25) is 0 Å². The first-order valence-electron chi connectivity index (χ1n) is 8.41. The summed E-state index contributed by atoms with van der Waals surface area (Å²) in [6, 6.07) is 14.2. The number of benzene rings is 2. The Balaban J connectivity index is 1.97. The lowest BCUT2D eigenvalue weighted by molar-refractivity contribution is 0.146. The first-order chi connectivity index (χ1) is 12.6. The summed E-state index contributed by atoms with van der Waals surface area (Å²) < 4.78 is 11.7. The van der Waals surface area contributed by atoms with E-state index >= 15 is 0 Å². The third kappa shape index (κ3) is 4.08. The Morgan fingerprint density at radius 2 is 1.96 bits per heavy atom. The van der Waals surface area contributed by atoms with E-state index in [-0.39, 0.29) is 6.04 Å². The molecule has 136 valence electrons. The molecule has 0 spiro atoms. The van der Waals surface area contributed by atoms with Gasteiger partial charge in [-0.3, -0.25) is 4.98 Å². The molecule has 0 saturated carbocycles. The third-order valence-electron chi connectivity index (χ3n) is 4.16. The lowest BCUT2D eigenvalue weighted by atomic mass is 10.1. The minimum absolute atomic E-state index is 0.102.